The molecule has 6 nitrogen and oxygen atoms in total. The summed E-state index contributed by atoms with van der Waals surface area (Å²) in [5.74, 6) is -0.270. The molecule has 0 aromatic heterocycles. The summed E-state index contributed by atoms with van der Waals surface area (Å²) >= 11 is 1.18. The highest BCUT2D eigenvalue weighted by Crippen LogP contribution is 2.27. The second-order valence-electron chi connectivity index (χ2n) is 5.12. The molecule has 0 heterocycles. The Morgan fingerprint density at radius 2 is 1.95 bits per heavy atom. The van der Waals surface area contributed by atoms with Crippen LogP contribution < -0.4 is 10.9 Å². The van der Waals surface area contributed by atoms with Crippen molar-refractivity contribution in [3.05, 3.63) is 18.2 Å². The number of benzene rings is 1. The first kappa shape index (κ1) is 16.8. The molecule has 0 saturated heterocycles. The number of carbonyl (C=O) groups is 1. The highest BCUT2D eigenvalue weighted by molar-refractivity contribution is 8.00. The minimum absolute atomic E-state index is 0.0587. The van der Waals surface area contributed by atoms with Gasteiger partial charge in [0, 0.05) is 10.6 Å². The standard InChI is InChI=1S/C12H18N2O4S2/c1-12(2,3)18-11(15)7-19-10-5-4-8(6-9(10)13)20(14,16)17/h4-6H,7,13H2,1-3H3,(H2,14,16,17). The summed E-state index contributed by atoms with van der Waals surface area (Å²) in [7, 11) is -3.78. The zero-order valence-electron chi connectivity index (χ0n) is 11.5. The summed E-state index contributed by atoms with van der Waals surface area (Å²) in [5, 5.41) is 5.00. The number of thioether (sulfide) groups is 1. The maximum absolute atomic E-state index is 11.6. The van der Waals surface area contributed by atoms with Crippen LogP contribution in [0.5, 0.6) is 0 Å². The first-order valence-electron chi connectivity index (χ1n) is 5.76. The second kappa shape index (κ2) is 6.02. The van der Waals surface area contributed by atoms with E-state index in [1.165, 1.54) is 30.0 Å². The number of nitrogen functional groups attached to an aromatic ring is 1. The van der Waals surface area contributed by atoms with Gasteiger partial charge in [-0.05, 0) is 39.0 Å². The highest BCUT2D eigenvalue weighted by Gasteiger charge is 2.17. The van der Waals surface area contributed by atoms with E-state index in [1.54, 1.807) is 20.8 Å². The first-order chi connectivity index (χ1) is 8.99. The molecular weight excluding hydrogens is 300 g/mol. The molecule has 1 aromatic rings. The summed E-state index contributed by atoms with van der Waals surface area (Å²) in [6, 6.07) is 4.14. The molecule has 0 atom stereocenters. The molecule has 112 valence electrons. The van der Waals surface area contributed by atoms with Crippen molar-refractivity contribution in [3.63, 3.8) is 0 Å². The number of hydrogen-bond donors (Lipinski definition) is 2. The fourth-order valence-corrected chi connectivity index (χ4v) is 2.61. The van der Waals surface area contributed by atoms with E-state index < -0.39 is 15.6 Å². The van der Waals surface area contributed by atoms with Gasteiger partial charge in [0.15, 0.2) is 0 Å². The van der Waals surface area contributed by atoms with Crippen LogP contribution in [0, 0.1) is 0 Å². The van der Waals surface area contributed by atoms with Crippen LogP contribution in [0.1, 0.15) is 20.8 Å². The van der Waals surface area contributed by atoms with E-state index in [9.17, 15) is 13.2 Å². The maximum Gasteiger partial charge on any atom is 0.316 e. The fourth-order valence-electron chi connectivity index (χ4n) is 1.34. The highest BCUT2D eigenvalue weighted by atomic mass is 32.2. The molecule has 0 fully saturated rings. The Balaban J connectivity index is 2.73. The third-order valence-electron chi connectivity index (χ3n) is 2.08. The van der Waals surface area contributed by atoms with E-state index in [1.807, 2.05) is 0 Å². The van der Waals surface area contributed by atoms with Crippen molar-refractivity contribution in [2.75, 3.05) is 11.5 Å². The maximum atomic E-state index is 11.6. The quantitative estimate of drug-likeness (QED) is 0.492. The topological polar surface area (TPSA) is 112 Å². The van der Waals surface area contributed by atoms with Crippen LogP contribution in [0.4, 0.5) is 5.69 Å². The number of nitrogens with two attached hydrogens (primary N) is 2. The average Bonchev–Trinajstić information content (AvgIpc) is 2.23. The van der Waals surface area contributed by atoms with Gasteiger partial charge in [0.1, 0.15) is 5.60 Å². The SMILES string of the molecule is CC(C)(C)OC(=O)CSc1ccc(S(N)(=O)=O)cc1N. The number of esters is 1. The molecule has 4 N–H and O–H groups in total. The Bertz CT molecular complexity index is 606. The van der Waals surface area contributed by atoms with Gasteiger partial charge in [-0.1, -0.05) is 0 Å². The van der Waals surface area contributed by atoms with Crippen molar-refractivity contribution < 1.29 is 17.9 Å². The van der Waals surface area contributed by atoms with Gasteiger partial charge in [-0.3, -0.25) is 4.79 Å². The van der Waals surface area contributed by atoms with Gasteiger partial charge in [0.25, 0.3) is 0 Å². The summed E-state index contributed by atoms with van der Waals surface area (Å²) in [6.07, 6.45) is 0. The van der Waals surface area contributed by atoms with Crippen LogP contribution in [0.25, 0.3) is 0 Å². The third-order valence-corrected chi connectivity index (χ3v) is 4.05. The smallest absolute Gasteiger partial charge is 0.316 e. The molecule has 1 rings (SSSR count). The van der Waals surface area contributed by atoms with E-state index in [4.69, 9.17) is 15.6 Å². The van der Waals surface area contributed by atoms with Crippen molar-refractivity contribution in [3.8, 4) is 0 Å². The van der Waals surface area contributed by atoms with Gasteiger partial charge in [0.05, 0.1) is 10.6 Å². The number of carbonyl (C=O) groups excluding carboxylic acids is 1. The summed E-state index contributed by atoms with van der Waals surface area (Å²) in [6.45, 7) is 5.35. The lowest BCUT2D eigenvalue weighted by molar-refractivity contribution is -0.151. The van der Waals surface area contributed by atoms with E-state index in [0.29, 0.717) is 4.90 Å². The minimum atomic E-state index is -3.78. The zero-order chi connectivity index (χ0) is 15.6. The van der Waals surface area contributed by atoms with Crippen LogP contribution in [0.3, 0.4) is 0 Å². The number of sulfonamides is 1. The first-order valence-corrected chi connectivity index (χ1v) is 8.29. The average molecular weight is 318 g/mol. The van der Waals surface area contributed by atoms with Crippen molar-refractivity contribution in [1.29, 1.82) is 0 Å². The molecule has 20 heavy (non-hydrogen) atoms. The van der Waals surface area contributed by atoms with Crippen molar-refractivity contribution >= 4 is 33.4 Å². The molecule has 1 aromatic carbocycles. The molecule has 0 amide bonds. The molecule has 8 heteroatoms. The Morgan fingerprint density at radius 1 is 1.35 bits per heavy atom. The Morgan fingerprint density at radius 3 is 2.40 bits per heavy atom. The zero-order valence-corrected chi connectivity index (χ0v) is 13.2. The van der Waals surface area contributed by atoms with Crippen molar-refractivity contribution in [2.45, 2.75) is 36.2 Å². The lowest BCUT2D eigenvalue weighted by Crippen LogP contribution is -2.24. The number of rotatable bonds is 4. The molecule has 0 unspecified atom stereocenters. The Labute approximate surface area is 122 Å². The lowest BCUT2D eigenvalue weighted by atomic mass is 10.2. The molecule has 0 aliphatic carbocycles. The van der Waals surface area contributed by atoms with Crippen LogP contribution in [-0.4, -0.2) is 25.7 Å². The summed E-state index contributed by atoms with van der Waals surface area (Å²) < 4.78 is 27.5. The molecular formula is C12H18N2O4S2. The van der Waals surface area contributed by atoms with Gasteiger partial charge < -0.3 is 10.5 Å². The Hall–Kier alpha value is -1.25. The van der Waals surface area contributed by atoms with Crippen LogP contribution in [0.15, 0.2) is 28.0 Å². The third kappa shape index (κ3) is 5.40. The van der Waals surface area contributed by atoms with E-state index in [0.717, 1.165) is 0 Å². The van der Waals surface area contributed by atoms with Gasteiger partial charge in [-0.2, -0.15) is 0 Å². The second-order valence-corrected chi connectivity index (χ2v) is 7.70. The molecule has 0 radical (unpaired) electrons. The normalized spacial score (nSPS) is 12.2. The fraction of sp³-hybridized carbons (Fsp3) is 0.417. The van der Waals surface area contributed by atoms with Gasteiger partial charge in [-0.25, -0.2) is 13.6 Å². The van der Waals surface area contributed by atoms with E-state index >= 15 is 0 Å². The van der Waals surface area contributed by atoms with E-state index in [2.05, 4.69) is 0 Å². The Kier molecular flexibility index (Phi) is 5.06. The molecule has 0 saturated carbocycles. The number of primary sulfonamides is 1. The van der Waals surface area contributed by atoms with Gasteiger partial charge in [-0.15, -0.1) is 11.8 Å². The lowest BCUT2D eigenvalue weighted by Gasteiger charge is -2.19. The number of ether oxygens (including phenoxy) is 1. The van der Waals surface area contributed by atoms with Gasteiger partial charge in [0.2, 0.25) is 10.0 Å². The minimum Gasteiger partial charge on any atom is -0.459 e. The van der Waals surface area contributed by atoms with Crippen molar-refractivity contribution in [1.82, 2.24) is 0 Å². The monoisotopic (exact) mass is 318 g/mol. The number of hydrogen-bond acceptors (Lipinski definition) is 6. The van der Waals surface area contributed by atoms with Gasteiger partial charge >= 0.3 is 5.97 Å². The molecule has 0 aliphatic rings. The largest absolute Gasteiger partial charge is 0.459 e. The molecule has 0 spiro atoms. The molecule has 0 aliphatic heterocycles. The summed E-state index contributed by atoms with van der Waals surface area (Å²) in [5.41, 5.74) is 5.45. The van der Waals surface area contributed by atoms with E-state index in [-0.39, 0.29) is 22.3 Å². The predicted molar refractivity (Wildman–Crippen MR) is 78.8 cm³/mol. The predicted octanol–water partition coefficient (Wildman–Crippen LogP) is 1.35. The van der Waals surface area contributed by atoms with Crippen molar-refractivity contribution in [2.24, 2.45) is 5.14 Å². The number of anilines is 1. The summed E-state index contributed by atoms with van der Waals surface area (Å²) in [4.78, 5) is 12.1. The van der Waals surface area contributed by atoms with Crippen LogP contribution in [0.2, 0.25) is 0 Å². The van der Waals surface area contributed by atoms with Crippen LogP contribution >= 0.6 is 11.8 Å². The van der Waals surface area contributed by atoms with Crippen LogP contribution in [-0.2, 0) is 19.6 Å². The molecule has 0 bridgehead atoms.